The number of benzene rings is 1. The normalized spacial score (nSPS) is 12.5. The average Bonchev–Trinajstić information content (AvgIpc) is 2.17. The molecule has 1 atom stereocenters. The van der Waals surface area contributed by atoms with Gasteiger partial charge in [-0.05, 0) is 37.6 Å². The highest BCUT2D eigenvalue weighted by Gasteiger charge is 2.13. The van der Waals surface area contributed by atoms with E-state index in [2.05, 4.69) is 0 Å². The van der Waals surface area contributed by atoms with Gasteiger partial charge in [0, 0.05) is 19.1 Å². The molecular weight excluding hydrogens is 195 g/mol. The van der Waals surface area contributed by atoms with E-state index in [0.29, 0.717) is 17.5 Å². The summed E-state index contributed by atoms with van der Waals surface area (Å²) in [5, 5.41) is 0. The average molecular weight is 210 g/mol. The molecule has 0 bridgehead atoms. The first-order chi connectivity index (χ1) is 7.04. The van der Waals surface area contributed by atoms with Crippen molar-refractivity contribution in [3.05, 3.63) is 35.1 Å². The van der Waals surface area contributed by atoms with Gasteiger partial charge < -0.3 is 4.74 Å². The first-order valence-electron chi connectivity index (χ1n) is 4.86. The van der Waals surface area contributed by atoms with Crippen LogP contribution in [0.15, 0.2) is 18.2 Å². The highest BCUT2D eigenvalue weighted by molar-refractivity contribution is 5.97. The summed E-state index contributed by atoms with van der Waals surface area (Å²) >= 11 is 0. The smallest absolute Gasteiger partial charge is 0.165 e. The summed E-state index contributed by atoms with van der Waals surface area (Å²) in [7, 11) is 1.56. The molecular formula is C12H15FO2. The van der Waals surface area contributed by atoms with Gasteiger partial charge in [0.2, 0.25) is 0 Å². The van der Waals surface area contributed by atoms with Crippen LogP contribution in [0.2, 0.25) is 0 Å². The van der Waals surface area contributed by atoms with Crippen molar-refractivity contribution in [2.24, 2.45) is 0 Å². The summed E-state index contributed by atoms with van der Waals surface area (Å²) in [6, 6.07) is 4.19. The molecule has 15 heavy (non-hydrogen) atoms. The highest BCUT2D eigenvalue weighted by atomic mass is 19.1. The van der Waals surface area contributed by atoms with Gasteiger partial charge >= 0.3 is 0 Å². The number of rotatable bonds is 4. The number of hydrogen-bond acceptors (Lipinski definition) is 2. The maximum absolute atomic E-state index is 12.8. The fraction of sp³-hybridized carbons (Fsp3) is 0.417. The minimum Gasteiger partial charge on any atom is -0.381 e. The lowest BCUT2D eigenvalue weighted by molar-refractivity contribution is 0.0791. The number of ketones is 1. The second-order valence-electron chi connectivity index (χ2n) is 3.63. The third-order valence-corrected chi connectivity index (χ3v) is 2.36. The monoisotopic (exact) mass is 210 g/mol. The van der Waals surface area contributed by atoms with Crippen LogP contribution in [-0.4, -0.2) is 19.0 Å². The Hall–Kier alpha value is -1.22. The van der Waals surface area contributed by atoms with Crippen molar-refractivity contribution in [2.45, 2.75) is 26.4 Å². The van der Waals surface area contributed by atoms with Gasteiger partial charge in [-0.3, -0.25) is 4.79 Å². The Morgan fingerprint density at radius 1 is 1.53 bits per heavy atom. The number of hydrogen-bond donors (Lipinski definition) is 0. The molecule has 82 valence electrons. The van der Waals surface area contributed by atoms with Crippen molar-refractivity contribution in [3.63, 3.8) is 0 Å². The largest absolute Gasteiger partial charge is 0.381 e. The number of Topliss-reactive ketones (excluding diaryl/α,β-unsaturated/α-hetero) is 1. The van der Waals surface area contributed by atoms with E-state index in [1.807, 2.05) is 6.92 Å². The van der Waals surface area contributed by atoms with Crippen molar-refractivity contribution in [1.29, 1.82) is 0 Å². The molecule has 0 aliphatic carbocycles. The van der Waals surface area contributed by atoms with Crippen LogP contribution in [0.25, 0.3) is 0 Å². The van der Waals surface area contributed by atoms with Gasteiger partial charge in [-0.1, -0.05) is 0 Å². The minimum absolute atomic E-state index is 0.0122. The summed E-state index contributed by atoms with van der Waals surface area (Å²) < 4.78 is 17.8. The Bertz CT molecular complexity index is 361. The van der Waals surface area contributed by atoms with E-state index in [9.17, 15) is 9.18 Å². The van der Waals surface area contributed by atoms with Crippen LogP contribution in [0.5, 0.6) is 0 Å². The molecule has 0 amide bonds. The van der Waals surface area contributed by atoms with E-state index in [1.165, 1.54) is 18.2 Å². The second kappa shape index (κ2) is 5.03. The molecule has 1 unspecified atom stereocenters. The molecule has 0 radical (unpaired) electrons. The van der Waals surface area contributed by atoms with Gasteiger partial charge in [-0.25, -0.2) is 4.39 Å². The van der Waals surface area contributed by atoms with Crippen molar-refractivity contribution in [1.82, 2.24) is 0 Å². The first-order valence-corrected chi connectivity index (χ1v) is 4.86. The molecule has 0 saturated carbocycles. The van der Waals surface area contributed by atoms with Crippen molar-refractivity contribution >= 4 is 5.78 Å². The lowest BCUT2D eigenvalue weighted by Crippen LogP contribution is -2.13. The molecule has 1 aromatic rings. The van der Waals surface area contributed by atoms with Gasteiger partial charge in [0.05, 0.1) is 6.10 Å². The zero-order valence-corrected chi connectivity index (χ0v) is 9.21. The molecule has 0 saturated heterocycles. The van der Waals surface area contributed by atoms with E-state index < -0.39 is 0 Å². The summed E-state index contributed by atoms with van der Waals surface area (Å²) in [5.74, 6) is -0.328. The van der Waals surface area contributed by atoms with Crippen LogP contribution in [0, 0.1) is 12.7 Å². The Kier molecular flexibility index (Phi) is 3.97. The molecule has 0 aliphatic heterocycles. The zero-order chi connectivity index (χ0) is 11.4. The number of halogens is 1. The first kappa shape index (κ1) is 11.9. The van der Waals surface area contributed by atoms with Crippen molar-refractivity contribution in [3.8, 4) is 0 Å². The summed E-state index contributed by atoms with van der Waals surface area (Å²) in [4.78, 5) is 11.7. The van der Waals surface area contributed by atoms with Crippen LogP contribution in [-0.2, 0) is 4.74 Å². The molecule has 3 heteroatoms. The molecule has 0 N–H and O–H groups in total. The maximum atomic E-state index is 12.8. The Labute approximate surface area is 89.1 Å². The lowest BCUT2D eigenvalue weighted by Gasteiger charge is -2.09. The molecule has 0 aliphatic rings. The van der Waals surface area contributed by atoms with Gasteiger partial charge in [-0.2, -0.15) is 0 Å². The van der Waals surface area contributed by atoms with Gasteiger partial charge in [0.15, 0.2) is 5.78 Å². The van der Waals surface area contributed by atoms with E-state index in [4.69, 9.17) is 4.74 Å². The third kappa shape index (κ3) is 3.13. The predicted molar refractivity (Wildman–Crippen MR) is 56.6 cm³/mol. The summed E-state index contributed by atoms with van der Waals surface area (Å²) in [6.45, 7) is 3.56. The van der Waals surface area contributed by atoms with E-state index >= 15 is 0 Å². The van der Waals surface area contributed by atoms with Crippen LogP contribution < -0.4 is 0 Å². The topological polar surface area (TPSA) is 26.3 Å². The van der Waals surface area contributed by atoms with Crippen LogP contribution in [0.3, 0.4) is 0 Å². The molecule has 1 rings (SSSR count). The number of carbonyl (C=O) groups is 1. The number of aryl methyl sites for hydroxylation is 1. The van der Waals surface area contributed by atoms with Gasteiger partial charge in [-0.15, -0.1) is 0 Å². The summed E-state index contributed by atoms with van der Waals surface area (Å²) in [5.41, 5.74) is 1.24. The standard InChI is InChI=1S/C12H15FO2/c1-8-6-10(13)4-5-11(8)12(14)7-9(2)15-3/h4-6,9H,7H2,1-3H3. The van der Waals surface area contributed by atoms with E-state index in [1.54, 1.807) is 14.0 Å². The molecule has 0 fully saturated rings. The minimum atomic E-state index is -0.316. The van der Waals surface area contributed by atoms with Crippen molar-refractivity contribution < 1.29 is 13.9 Å². The van der Waals surface area contributed by atoms with E-state index in [-0.39, 0.29) is 17.7 Å². The van der Waals surface area contributed by atoms with Crippen molar-refractivity contribution in [2.75, 3.05) is 7.11 Å². The third-order valence-electron chi connectivity index (χ3n) is 2.36. The SMILES string of the molecule is COC(C)CC(=O)c1ccc(F)cc1C. The maximum Gasteiger partial charge on any atom is 0.165 e. The molecule has 1 aromatic carbocycles. The Morgan fingerprint density at radius 2 is 2.20 bits per heavy atom. The molecule has 0 aromatic heterocycles. The fourth-order valence-corrected chi connectivity index (χ4v) is 1.39. The van der Waals surface area contributed by atoms with Crippen LogP contribution >= 0.6 is 0 Å². The molecule has 0 spiro atoms. The van der Waals surface area contributed by atoms with Gasteiger partial charge in [0.25, 0.3) is 0 Å². The van der Waals surface area contributed by atoms with Crippen LogP contribution in [0.1, 0.15) is 29.3 Å². The fourth-order valence-electron chi connectivity index (χ4n) is 1.39. The van der Waals surface area contributed by atoms with Gasteiger partial charge in [0.1, 0.15) is 5.82 Å². The second-order valence-corrected chi connectivity index (χ2v) is 3.63. The molecule has 0 heterocycles. The number of methoxy groups -OCH3 is 1. The van der Waals surface area contributed by atoms with E-state index in [0.717, 1.165) is 0 Å². The summed E-state index contributed by atoms with van der Waals surface area (Å²) in [6.07, 6.45) is 0.213. The zero-order valence-electron chi connectivity index (χ0n) is 9.21. The van der Waals surface area contributed by atoms with Crippen LogP contribution in [0.4, 0.5) is 4.39 Å². The number of ether oxygens (including phenoxy) is 1. The molecule has 2 nitrogen and oxygen atoms in total. The Morgan fingerprint density at radius 3 is 2.73 bits per heavy atom. The predicted octanol–water partition coefficient (Wildman–Crippen LogP) is 2.74. The Balaban J connectivity index is 2.82. The number of carbonyl (C=O) groups excluding carboxylic acids is 1. The highest BCUT2D eigenvalue weighted by Crippen LogP contribution is 2.13. The quantitative estimate of drug-likeness (QED) is 0.714. The lowest BCUT2D eigenvalue weighted by atomic mass is 10.0.